The van der Waals surface area contributed by atoms with Gasteiger partial charge < -0.3 is 4.74 Å². The Morgan fingerprint density at radius 1 is 1.54 bits per heavy atom. The average Bonchev–Trinajstić information content (AvgIpc) is 2.71. The van der Waals surface area contributed by atoms with Crippen LogP contribution in [0, 0.1) is 6.92 Å². The molecule has 2 rings (SSSR count). The van der Waals surface area contributed by atoms with E-state index in [1.165, 1.54) is 9.75 Å². The minimum absolute atomic E-state index is 0.295. The summed E-state index contributed by atoms with van der Waals surface area (Å²) < 4.78 is 5.40. The zero-order chi connectivity index (χ0) is 9.26. The van der Waals surface area contributed by atoms with Gasteiger partial charge in [-0.05, 0) is 25.5 Å². The SMILES string of the molecule is CO[C@@H]1CC[N]C1c1ccc(C)s1. The lowest BCUT2D eigenvalue weighted by molar-refractivity contribution is 0.0924. The molecule has 1 fully saturated rings. The molecule has 1 aliphatic heterocycles. The zero-order valence-corrected chi connectivity index (χ0v) is 8.80. The van der Waals surface area contributed by atoms with E-state index in [1.807, 2.05) is 11.3 Å². The lowest BCUT2D eigenvalue weighted by Crippen LogP contribution is -2.17. The molecule has 1 unspecified atom stereocenters. The Hall–Kier alpha value is -0.380. The normalized spacial score (nSPS) is 28.2. The van der Waals surface area contributed by atoms with Crippen LogP contribution in [0.2, 0.25) is 0 Å². The number of hydrogen-bond donors (Lipinski definition) is 0. The third-order valence-electron chi connectivity index (χ3n) is 2.45. The van der Waals surface area contributed by atoms with E-state index < -0.39 is 0 Å². The maximum atomic E-state index is 5.40. The maximum absolute atomic E-state index is 5.40. The first-order chi connectivity index (χ1) is 6.31. The summed E-state index contributed by atoms with van der Waals surface area (Å²) in [5.74, 6) is 0. The summed E-state index contributed by atoms with van der Waals surface area (Å²) in [5, 5.41) is 4.56. The number of hydrogen-bond acceptors (Lipinski definition) is 2. The number of thiophene rings is 1. The lowest BCUT2D eigenvalue weighted by atomic mass is 10.1. The fourth-order valence-corrected chi connectivity index (χ4v) is 2.74. The summed E-state index contributed by atoms with van der Waals surface area (Å²) >= 11 is 1.83. The third kappa shape index (κ3) is 1.77. The molecule has 0 N–H and O–H groups in total. The standard InChI is InChI=1S/C10H14NOS/c1-7-3-4-9(13-7)10-8(12-2)5-6-11-10/h3-4,8,10H,5-6H2,1-2H3/t8-,10?/m1/s1. The van der Waals surface area contributed by atoms with Crippen molar-refractivity contribution in [3.05, 3.63) is 21.9 Å². The van der Waals surface area contributed by atoms with Gasteiger partial charge in [0, 0.05) is 23.4 Å². The molecule has 2 nitrogen and oxygen atoms in total. The first-order valence-corrected chi connectivity index (χ1v) is 5.38. The number of aryl methyl sites for hydroxylation is 1. The van der Waals surface area contributed by atoms with Crippen molar-refractivity contribution in [1.29, 1.82) is 0 Å². The minimum atomic E-state index is 0.295. The largest absolute Gasteiger partial charge is 0.379 e. The van der Waals surface area contributed by atoms with Crippen LogP contribution in [0.5, 0.6) is 0 Å². The number of ether oxygens (including phenoxy) is 1. The van der Waals surface area contributed by atoms with E-state index in [0.29, 0.717) is 12.1 Å². The molecule has 2 atom stereocenters. The van der Waals surface area contributed by atoms with Crippen LogP contribution in [0.15, 0.2) is 12.1 Å². The predicted molar refractivity (Wildman–Crippen MR) is 54.2 cm³/mol. The van der Waals surface area contributed by atoms with Crippen LogP contribution in [0.25, 0.3) is 0 Å². The van der Waals surface area contributed by atoms with Crippen LogP contribution in [-0.2, 0) is 4.74 Å². The third-order valence-corrected chi connectivity index (χ3v) is 3.52. The molecule has 0 saturated carbocycles. The highest BCUT2D eigenvalue weighted by Crippen LogP contribution is 2.31. The number of nitrogens with zero attached hydrogens (tertiary/aromatic N) is 1. The van der Waals surface area contributed by atoms with Gasteiger partial charge >= 0.3 is 0 Å². The Kier molecular flexibility index (Phi) is 2.67. The van der Waals surface area contributed by atoms with E-state index in [-0.39, 0.29) is 0 Å². The van der Waals surface area contributed by atoms with Crippen molar-refractivity contribution in [2.45, 2.75) is 25.5 Å². The summed E-state index contributed by atoms with van der Waals surface area (Å²) in [6, 6.07) is 4.62. The van der Waals surface area contributed by atoms with E-state index >= 15 is 0 Å². The van der Waals surface area contributed by atoms with Crippen molar-refractivity contribution in [3.63, 3.8) is 0 Å². The molecule has 0 amide bonds. The monoisotopic (exact) mass is 196 g/mol. The molecule has 1 aromatic rings. The second-order valence-corrected chi connectivity index (χ2v) is 4.68. The van der Waals surface area contributed by atoms with Gasteiger partial charge in [-0.15, -0.1) is 11.3 Å². The smallest absolute Gasteiger partial charge is 0.0850 e. The summed E-state index contributed by atoms with van der Waals surface area (Å²) in [6.07, 6.45) is 1.37. The quantitative estimate of drug-likeness (QED) is 0.710. The van der Waals surface area contributed by atoms with Gasteiger partial charge in [-0.2, -0.15) is 0 Å². The van der Waals surface area contributed by atoms with Gasteiger partial charge in [0.1, 0.15) is 0 Å². The van der Waals surface area contributed by atoms with E-state index in [4.69, 9.17) is 4.74 Å². The van der Waals surface area contributed by atoms with Gasteiger partial charge in [-0.3, -0.25) is 0 Å². The molecule has 0 bridgehead atoms. The molecule has 0 spiro atoms. The molecule has 1 aromatic heterocycles. The minimum Gasteiger partial charge on any atom is -0.379 e. The molecule has 3 heteroatoms. The van der Waals surface area contributed by atoms with Gasteiger partial charge in [0.2, 0.25) is 0 Å². The Morgan fingerprint density at radius 2 is 2.38 bits per heavy atom. The molecule has 1 saturated heterocycles. The van der Waals surface area contributed by atoms with Gasteiger partial charge in [0.05, 0.1) is 12.1 Å². The first-order valence-electron chi connectivity index (χ1n) is 4.57. The van der Waals surface area contributed by atoms with E-state index in [2.05, 4.69) is 24.4 Å². The fraction of sp³-hybridized carbons (Fsp3) is 0.600. The highest BCUT2D eigenvalue weighted by molar-refractivity contribution is 7.12. The maximum Gasteiger partial charge on any atom is 0.0850 e. The molecular weight excluding hydrogens is 182 g/mol. The van der Waals surface area contributed by atoms with Gasteiger partial charge in [0.25, 0.3) is 0 Å². The molecule has 13 heavy (non-hydrogen) atoms. The average molecular weight is 196 g/mol. The topological polar surface area (TPSA) is 23.3 Å². The van der Waals surface area contributed by atoms with Crippen LogP contribution in [0.1, 0.15) is 22.2 Å². The van der Waals surface area contributed by atoms with E-state index in [1.54, 1.807) is 7.11 Å². The Balaban J connectivity index is 2.15. The van der Waals surface area contributed by atoms with Crippen LogP contribution in [-0.4, -0.2) is 19.8 Å². The van der Waals surface area contributed by atoms with E-state index in [9.17, 15) is 0 Å². The second kappa shape index (κ2) is 3.78. The molecule has 2 heterocycles. The molecule has 1 aliphatic rings. The van der Waals surface area contributed by atoms with Crippen molar-refractivity contribution < 1.29 is 4.74 Å². The van der Waals surface area contributed by atoms with Crippen LogP contribution in [0.3, 0.4) is 0 Å². The van der Waals surface area contributed by atoms with Gasteiger partial charge in [-0.1, -0.05) is 0 Å². The van der Waals surface area contributed by atoms with Crippen molar-refractivity contribution in [3.8, 4) is 0 Å². The Labute approximate surface area is 82.9 Å². The number of rotatable bonds is 2. The lowest BCUT2D eigenvalue weighted by Gasteiger charge is -2.14. The summed E-state index contributed by atoms with van der Waals surface area (Å²) in [4.78, 5) is 2.70. The van der Waals surface area contributed by atoms with Crippen molar-refractivity contribution in [1.82, 2.24) is 5.32 Å². The highest BCUT2D eigenvalue weighted by atomic mass is 32.1. The predicted octanol–water partition coefficient (Wildman–Crippen LogP) is 2.12. The molecule has 1 radical (unpaired) electrons. The summed E-state index contributed by atoms with van der Waals surface area (Å²) in [7, 11) is 1.78. The van der Waals surface area contributed by atoms with Gasteiger partial charge in [0.15, 0.2) is 0 Å². The molecule has 0 aliphatic carbocycles. The van der Waals surface area contributed by atoms with Crippen LogP contribution >= 0.6 is 11.3 Å². The summed E-state index contributed by atoms with van der Waals surface area (Å²) in [6.45, 7) is 3.07. The Bertz CT molecular complexity index is 284. The molecule has 71 valence electrons. The van der Waals surface area contributed by atoms with Crippen molar-refractivity contribution in [2.24, 2.45) is 0 Å². The summed E-state index contributed by atoms with van der Waals surface area (Å²) in [5.41, 5.74) is 0. The Morgan fingerprint density at radius 3 is 3.00 bits per heavy atom. The zero-order valence-electron chi connectivity index (χ0n) is 7.99. The van der Waals surface area contributed by atoms with Crippen molar-refractivity contribution in [2.75, 3.05) is 13.7 Å². The molecule has 0 aromatic carbocycles. The first kappa shape index (κ1) is 9.19. The van der Waals surface area contributed by atoms with Crippen LogP contribution in [0.4, 0.5) is 0 Å². The van der Waals surface area contributed by atoms with Crippen LogP contribution < -0.4 is 5.32 Å². The second-order valence-electron chi connectivity index (χ2n) is 3.36. The van der Waals surface area contributed by atoms with Gasteiger partial charge in [-0.25, -0.2) is 5.32 Å². The highest BCUT2D eigenvalue weighted by Gasteiger charge is 2.30. The fourth-order valence-electron chi connectivity index (χ4n) is 1.75. The van der Waals surface area contributed by atoms with Crippen molar-refractivity contribution >= 4 is 11.3 Å². The van der Waals surface area contributed by atoms with E-state index in [0.717, 1.165) is 13.0 Å². The molecular formula is C10H14NOS. The number of methoxy groups -OCH3 is 1.